The minimum absolute atomic E-state index is 0.117. The number of allylic oxidation sites excluding steroid dienone is 4. The normalized spacial score (nSPS) is 49.5. The molecule has 6 heteroatoms. The molecule has 0 heterocycles. The second kappa shape index (κ2) is 5.31. The van der Waals surface area contributed by atoms with Crippen LogP contribution in [0.25, 0.3) is 0 Å². The van der Waals surface area contributed by atoms with E-state index in [1.54, 1.807) is 23.5 Å². The first-order valence-electron chi connectivity index (χ1n) is 8.18. The van der Waals surface area contributed by atoms with Crippen molar-refractivity contribution >= 4 is 35.5 Å². The van der Waals surface area contributed by atoms with E-state index in [1.165, 1.54) is 14.2 Å². The molecule has 0 amide bonds. The van der Waals surface area contributed by atoms with Crippen molar-refractivity contribution in [3.63, 3.8) is 0 Å². The number of thioether (sulfide) groups is 2. The molecule has 6 atom stereocenters. The van der Waals surface area contributed by atoms with Gasteiger partial charge < -0.3 is 9.47 Å². The fraction of sp³-hybridized carbons (Fsp3) is 0.667. The molecule has 4 rings (SSSR count). The number of hydrogen-bond acceptors (Lipinski definition) is 6. The average molecular weight is 367 g/mol. The summed E-state index contributed by atoms with van der Waals surface area (Å²) in [5.74, 6) is 0.793. The highest BCUT2D eigenvalue weighted by Gasteiger charge is 2.77. The second-order valence-corrected chi connectivity index (χ2v) is 9.17. The lowest BCUT2D eigenvalue weighted by atomic mass is 9.82. The molecule has 4 nitrogen and oxygen atoms in total. The molecule has 4 aliphatic rings. The molecule has 0 bridgehead atoms. The number of carbonyl (C=O) groups excluding carboxylic acids is 2. The molecular weight excluding hydrogens is 344 g/mol. The Kier molecular flexibility index (Phi) is 3.67. The Morgan fingerprint density at radius 3 is 1.25 bits per heavy atom. The van der Waals surface area contributed by atoms with Crippen LogP contribution in [0.2, 0.25) is 0 Å². The van der Waals surface area contributed by atoms with Crippen LogP contribution in [-0.4, -0.2) is 48.2 Å². The fourth-order valence-corrected chi connectivity index (χ4v) is 8.66. The Bertz CT molecular complexity index is 571. The molecule has 130 valence electrons. The quantitative estimate of drug-likeness (QED) is 0.563. The van der Waals surface area contributed by atoms with Crippen molar-refractivity contribution in [1.82, 2.24) is 0 Å². The van der Waals surface area contributed by atoms with Gasteiger partial charge in [0.15, 0.2) is 0 Å². The van der Waals surface area contributed by atoms with E-state index in [0.29, 0.717) is 11.8 Å². The molecule has 0 aliphatic heterocycles. The Morgan fingerprint density at radius 2 is 1.04 bits per heavy atom. The van der Waals surface area contributed by atoms with Gasteiger partial charge >= 0.3 is 11.9 Å². The average Bonchev–Trinajstić information content (AvgIpc) is 3.31. The van der Waals surface area contributed by atoms with Gasteiger partial charge in [0.25, 0.3) is 0 Å². The number of ether oxygens (including phenoxy) is 2. The van der Waals surface area contributed by atoms with Gasteiger partial charge in [0.2, 0.25) is 0 Å². The van der Waals surface area contributed by atoms with Gasteiger partial charge in [0, 0.05) is 23.7 Å². The molecule has 2 fully saturated rings. The third kappa shape index (κ3) is 1.52. The fourth-order valence-electron chi connectivity index (χ4n) is 6.13. The first kappa shape index (κ1) is 16.6. The highest BCUT2D eigenvalue weighted by Crippen LogP contribution is 2.74. The number of rotatable bonds is 4. The first-order valence-corrected chi connectivity index (χ1v) is 10.6. The van der Waals surface area contributed by atoms with Gasteiger partial charge in [-0.2, -0.15) is 0 Å². The summed E-state index contributed by atoms with van der Waals surface area (Å²) in [5, 5.41) is 0. The van der Waals surface area contributed by atoms with E-state index < -0.39 is 9.49 Å². The zero-order valence-electron chi connectivity index (χ0n) is 14.2. The van der Waals surface area contributed by atoms with Gasteiger partial charge in [0.05, 0.1) is 14.2 Å². The lowest BCUT2D eigenvalue weighted by Gasteiger charge is -2.37. The van der Waals surface area contributed by atoms with Crippen molar-refractivity contribution in [2.45, 2.75) is 9.49 Å². The molecular formula is C18H22O4S2. The van der Waals surface area contributed by atoms with Crippen LogP contribution in [0.5, 0.6) is 0 Å². The summed E-state index contributed by atoms with van der Waals surface area (Å²) in [6, 6.07) is 0. The first-order chi connectivity index (χ1) is 11.5. The molecule has 2 unspecified atom stereocenters. The largest absolute Gasteiger partial charge is 0.468 e. The summed E-state index contributed by atoms with van der Waals surface area (Å²) < 4.78 is 9.30. The second-order valence-electron chi connectivity index (χ2n) is 7.01. The minimum atomic E-state index is -0.568. The van der Waals surface area contributed by atoms with Crippen molar-refractivity contribution in [1.29, 1.82) is 0 Å². The molecule has 0 spiro atoms. The van der Waals surface area contributed by atoms with E-state index >= 15 is 0 Å². The summed E-state index contributed by atoms with van der Waals surface area (Å²) >= 11 is 3.22. The van der Waals surface area contributed by atoms with Gasteiger partial charge in [-0.1, -0.05) is 24.3 Å². The maximum Gasteiger partial charge on any atom is 0.323 e. The number of hydrogen-bond donors (Lipinski definition) is 0. The van der Waals surface area contributed by atoms with Crippen molar-refractivity contribution < 1.29 is 19.1 Å². The van der Waals surface area contributed by atoms with Crippen LogP contribution < -0.4 is 0 Å². The number of carbonyl (C=O) groups is 2. The van der Waals surface area contributed by atoms with Crippen LogP contribution in [-0.2, 0) is 19.1 Å². The molecule has 4 aliphatic carbocycles. The zero-order valence-corrected chi connectivity index (χ0v) is 15.9. The summed E-state index contributed by atoms with van der Waals surface area (Å²) in [4.78, 5) is 25.6. The molecule has 2 saturated carbocycles. The van der Waals surface area contributed by atoms with E-state index in [1.807, 2.05) is 12.5 Å². The summed E-state index contributed by atoms with van der Waals surface area (Å²) in [5.41, 5.74) is 0. The number of esters is 2. The van der Waals surface area contributed by atoms with E-state index in [4.69, 9.17) is 9.47 Å². The van der Waals surface area contributed by atoms with Gasteiger partial charge in [0.1, 0.15) is 9.49 Å². The van der Waals surface area contributed by atoms with E-state index in [9.17, 15) is 9.59 Å². The van der Waals surface area contributed by atoms with Crippen LogP contribution in [0.4, 0.5) is 0 Å². The van der Waals surface area contributed by atoms with Crippen molar-refractivity contribution in [3.05, 3.63) is 24.3 Å². The van der Waals surface area contributed by atoms with E-state index in [0.717, 1.165) is 0 Å². The van der Waals surface area contributed by atoms with Gasteiger partial charge in [-0.05, 0) is 24.3 Å². The summed E-state index contributed by atoms with van der Waals surface area (Å²) in [6.45, 7) is 0. The molecule has 0 radical (unpaired) electrons. The standard InChI is InChI=1S/C18H22O4S2/c1-21-15(19)17(23-3)9-5-7-11-13(9)14-10(17)6-8-12(14)18(11,24-4)16(20)22-2/h5-14H,1-4H3/t9-,10+,11-,12+,13?,14?,17?,18?. The molecule has 0 saturated heterocycles. The topological polar surface area (TPSA) is 52.6 Å². The van der Waals surface area contributed by atoms with Crippen molar-refractivity contribution in [3.8, 4) is 0 Å². The third-order valence-corrected chi connectivity index (χ3v) is 9.59. The van der Waals surface area contributed by atoms with Crippen molar-refractivity contribution in [2.24, 2.45) is 35.5 Å². The maximum absolute atomic E-state index is 12.8. The highest BCUT2D eigenvalue weighted by molar-refractivity contribution is 8.01. The van der Waals surface area contributed by atoms with Gasteiger partial charge in [-0.25, -0.2) is 0 Å². The Hall–Kier alpha value is -0.880. The molecule has 0 aromatic heterocycles. The highest BCUT2D eigenvalue weighted by atomic mass is 32.2. The van der Waals surface area contributed by atoms with Crippen LogP contribution in [0.3, 0.4) is 0 Å². The Labute approximate surface area is 150 Å². The predicted octanol–water partition coefficient (Wildman–Crippen LogP) is 2.40. The van der Waals surface area contributed by atoms with E-state index in [2.05, 4.69) is 24.3 Å². The van der Waals surface area contributed by atoms with Crippen LogP contribution >= 0.6 is 23.5 Å². The predicted molar refractivity (Wildman–Crippen MR) is 95.7 cm³/mol. The molecule has 24 heavy (non-hydrogen) atoms. The van der Waals surface area contributed by atoms with Crippen LogP contribution in [0, 0.1) is 35.5 Å². The lowest BCUT2D eigenvalue weighted by molar-refractivity contribution is -0.145. The molecule has 0 N–H and O–H groups in total. The third-order valence-electron chi connectivity index (χ3n) is 6.82. The minimum Gasteiger partial charge on any atom is -0.468 e. The summed E-state index contributed by atoms with van der Waals surface area (Å²) in [6.07, 6.45) is 12.7. The Balaban J connectivity index is 1.87. The zero-order chi connectivity index (χ0) is 17.3. The number of methoxy groups -OCH3 is 2. The van der Waals surface area contributed by atoms with Crippen LogP contribution in [0.1, 0.15) is 0 Å². The monoisotopic (exact) mass is 366 g/mol. The van der Waals surface area contributed by atoms with Crippen LogP contribution in [0.15, 0.2) is 24.3 Å². The van der Waals surface area contributed by atoms with Crippen molar-refractivity contribution in [2.75, 3.05) is 26.7 Å². The van der Waals surface area contributed by atoms with Gasteiger partial charge in [-0.15, -0.1) is 23.5 Å². The summed E-state index contributed by atoms with van der Waals surface area (Å²) in [7, 11) is 2.95. The molecule has 0 aromatic rings. The lowest BCUT2D eigenvalue weighted by Crippen LogP contribution is -2.49. The Morgan fingerprint density at radius 1 is 0.750 bits per heavy atom. The van der Waals surface area contributed by atoms with E-state index in [-0.39, 0.29) is 35.6 Å². The smallest absolute Gasteiger partial charge is 0.323 e. The maximum atomic E-state index is 12.8. The van der Waals surface area contributed by atoms with Gasteiger partial charge in [-0.3, -0.25) is 9.59 Å². The SMILES string of the molecule is COC(=O)C1(SC)[C@@H]2C=C[C@@H]3C2C2[C@@H]1C=C[C@@H]2C3(SC)C(=O)OC. The molecule has 0 aromatic carbocycles.